The molecule has 0 radical (unpaired) electrons. The molecule has 0 saturated carbocycles. The number of allylic oxidation sites excluding steroid dienone is 2. The number of hydrogen-bond donors (Lipinski definition) is 1. The molecule has 1 N–H and O–H groups in total. The number of fused-ring (bicyclic) bond motifs is 1. The van der Waals surface area contributed by atoms with Gasteiger partial charge in [0.1, 0.15) is 11.6 Å². The molecule has 0 saturated heterocycles. The second-order valence-electron chi connectivity index (χ2n) is 5.92. The summed E-state index contributed by atoms with van der Waals surface area (Å²) in [5.41, 5.74) is 3.81. The molecule has 0 aliphatic rings. The maximum absolute atomic E-state index is 14.9. The third-order valence-corrected chi connectivity index (χ3v) is 4.34. The lowest BCUT2D eigenvalue weighted by Gasteiger charge is -2.13. The SMILES string of the molecule is C=C/C(=C\C)Nc1cc2cc(-c3cnccc3C)c(F)c(C)c2cn1. The Morgan fingerprint density at radius 2 is 2.00 bits per heavy atom. The zero-order chi connectivity index (χ0) is 18.0. The van der Waals surface area contributed by atoms with Gasteiger partial charge in [-0.25, -0.2) is 9.37 Å². The third-order valence-electron chi connectivity index (χ3n) is 4.34. The van der Waals surface area contributed by atoms with E-state index in [2.05, 4.69) is 21.9 Å². The molecule has 1 aromatic carbocycles. The number of benzene rings is 1. The molecule has 3 rings (SSSR count). The van der Waals surface area contributed by atoms with Gasteiger partial charge in [-0.05, 0) is 61.6 Å². The Morgan fingerprint density at radius 1 is 1.20 bits per heavy atom. The van der Waals surface area contributed by atoms with Crippen LogP contribution in [0.3, 0.4) is 0 Å². The lowest BCUT2D eigenvalue weighted by Crippen LogP contribution is -2.00. The molecule has 3 aromatic rings. The summed E-state index contributed by atoms with van der Waals surface area (Å²) in [6, 6.07) is 5.66. The van der Waals surface area contributed by atoms with Gasteiger partial charge < -0.3 is 5.32 Å². The fraction of sp³-hybridized carbons (Fsp3) is 0.143. The van der Waals surface area contributed by atoms with E-state index in [1.807, 2.05) is 38.1 Å². The summed E-state index contributed by atoms with van der Waals surface area (Å²) in [6.45, 7) is 9.43. The van der Waals surface area contributed by atoms with Crippen molar-refractivity contribution >= 4 is 16.6 Å². The Morgan fingerprint density at radius 3 is 2.68 bits per heavy atom. The van der Waals surface area contributed by atoms with Crippen LogP contribution < -0.4 is 5.32 Å². The molecule has 3 nitrogen and oxygen atoms in total. The molecule has 0 spiro atoms. The van der Waals surface area contributed by atoms with Crippen molar-refractivity contribution in [2.45, 2.75) is 20.8 Å². The fourth-order valence-corrected chi connectivity index (χ4v) is 2.84. The molecule has 25 heavy (non-hydrogen) atoms. The lowest BCUT2D eigenvalue weighted by molar-refractivity contribution is 0.624. The first-order valence-corrected chi connectivity index (χ1v) is 8.10. The molecular weight excluding hydrogens is 313 g/mol. The van der Waals surface area contributed by atoms with Crippen molar-refractivity contribution in [1.82, 2.24) is 9.97 Å². The Hall–Kier alpha value is -3.01. The average Bonchev–Trinajstić information content (AvgIpc) is 2.63. The Balaban J connectivity index is 2.19. The molecule has 0 aliphatic heterocycles. The largest absolute Gasteiger partial charge is 0.341 e. The van der Waals surface area contributed by atoms with E-state index in [1.165, 1.54) is 0 Å². The minimum absolute atomic E-state index is 0.230. The van der Waals surface area contributed by atoms with Crippen molar-refractivity contribution in [3.63, 3.8) is 0 Å². The van der Waals surface area contributed by atoms with Crippen LogP contribution in [-0.2, 0) is 0 Å². The van der Waals surface area contributed by atoms with Gasteiger partial charge in [0.25, 0.3) is 0 Å². The topological polar surface area (TPSA) is 37.8 Å². The van der Waals surface area contributed by atoms with E-state index in [-0.39, 0.29) is 5.82 Å². The predicted octanol–water partition coefficient (Wildman–Crippen LogP) is 5.55. The summed E-state index contributed by atoms with van der Waals surface area (Å²) in [4.78, 5) is 8.53. The number of nitrogens with zero attached hydrogens (tertiary/aromatic N) is 2. The van der Waals surface area contributed by atoms with E-state index >= 15 is 0 Å². The number of pyridine rings is 2. The van der Waals surface area contributed by atoms with Crippen LogP contribution in [0.5, 0.6) is 0 Å². The highest BCUT2D eigenvalue weighted by Crippen LogP contribution is 2.33. The molecule has 0 bridgehead atoms. The van der Waals surface area contributed by atoms with Crippen molar-refractivity contribution in [3.8, 4) is 11.1 Å². The van der Waals surface area contributed by atoms with Crippen LogP contribution in [0.15, 0.2) is 61.2 Å². The summed E-state index contributed by atoms with van der Waals surface area (Å²) in [7, 11) is 0. The van der Waals surface area contributed by atoms with E-state index in [4.69, 9.17) is 0 Å². The normalized spacial score (nSPS) is 11.6. The van der Waals surface area contributed by atoms with E-state index in [9.17, 15) is 4.39 Å². The molecule has 0 atom stereocenters. The number of aryl methyl sites for hydroxylation is 2. The summed E-state index contributed by atoms with van der Waals surface area (Å²) in [5, 5.41) is 4.93. The van der Waals surface area contributed by atoms with Gasteiger partial charge in [0.2, 0.25) is 0 Å². The Labute approximate surface area is 147 Å². The van der Waals surface area contributed by atoms with Crippen LogP contribution in [0.25, 0.3) is 21.9 Å². The quantitative estimate of drug-likeness (QED) is 0.636. The molecule has 2 aromatic heterocycles. The predicted molar refractivity (Wildman–Crippen MR) is 102 cm³/mol. The third kappa shape index (κ3) is 3.15. The highest BCUT2D eigenvalue weighted by molar-refractivity contribution is 5.92. The number of hydrogen-bond acceptors (Lipinski definition) is 3. The monoisotopic (exact) mass is 333 g/mol. The summed E-state index contributed by atoms with van der Waals surface area (Å²) in [5.74, 6) is 0.465. The molecule has 0 unspecified atom stereocenters. The van der Waals surface area contributed by atoms with Gasteiger partial charge in [-0.15, -0.1) is 0 Å². The lowest BCUT2D eigenvalue weighted by atomic mass is 9.96. The van der Waals surface area contributed by atoms with E-state index in [0.29, 0.717) is 16.9 Å². The molecule has 0 amide bonds. The first kappa shape index (κ1) is 16.8. The van der Waals surface area contributed by atoms with Gasteiger partial charge in [-0.1, -0.05) is 12.7 Å². The highest BCUT2D eigenvalue weighted by Gasteiger charge is 2.14. The van der Waals surface area contributed by atoms with Gasteiger partial charge in [-0.2, -0.15) is 0 Å². The van der Waals surface area contributed by atoms with Gasteiger partial charge in [0.05, 0.1) is 0 Å². The van der Waals surface area contributed by atoms with Gasteiger partial charge >= 0.3 is 0 Å². The van der Waals surface area contributed by atoms with Crippen LogP contribution in [-0.4, -0.2) is 9.97 Å². The van der Waals surface area contributed by atoms with Crippen molar-refractivity contribution in [3.05, 3.63) is 78.2 Å². The number of rotatable bonds is 4. The van der Waals surface area contributed by atoms with Crippen molar-refractivity contribution in [1.29, 1.82) is 0 Å². The summed E-state index contributed by atoms with van der Waals surface area (Å²) in [6.07, 6.45) is 8.76. The Bertz CT molecular complexity index is 990. The van der Waals surface area contributed by atoms with Crippen LogP contribution in [0, 0.1) is 19.7 Å². The molecule has 4 heteroatoms. The van der Waals surface area contributed by atoms with E-state index in [0.717, 1.165) is 27.6 Å². The number of nitrogens with one attached hydrogen (secondary N) is 1. The second kappa shape index (κ2) is 6.85. The molecule has 0 aliphatic carbocycles. The van der Waals surface area contributed by atoms with Crippen LogP contribution >= 0.6 is 0 Å². The first-order chi connectivity index (χ1) is 12.0. The van der Waals surface area contributed by atoms with Gasteiger partial charge in [-0.3, -0.25) is 4.98 Å². The molecule has 2 heterocycles. The first-order valence-electron chi connectivity index (χ1n) is 8.10. The molecule has 126 valence electrons. The Kier molecular flexibility index (Phi) is 4.61. The highest BCUT2D eigenvalue weighted by atomic mass is 19.1. The minimum atomic E-state index is -0.230. The van der Waals surface area contributed by atoms with Crippen LogP contribution in [0.2, 0.25) is 0 Å². The molecule has 0 fully saturated rings. The number of halogens is 1. The van der Waals surface area contributed by atoms with Crippen molar-refractivity contribution < 1.29 is 4.39 Å². The summed E-state index contributed by atoms with van der Waals surface area (Å²) < 4.78 is 14.9. The van der Waals surface area contributed by atoms with Gasteiger partial charge in [0.15, 0.2) is 0 Å². The zero-order valence-corrected chi connectivity index (χ0v) is 14.6. The number of aromatic nitrogens is 2. The van der Waals surface area contributed by atoms with Gasteiger partial charge in [0, 0.05) is 40.8 Å². The van der Waals surface area contributed by atoms with E-state index in [1.54, 1.807) is 31.6 Å². The molecular formula is C21H20FN3. The summed E-state index contributed by atoms with van der Waals surface area (Å²) >= 11 is 0. The van der Waals surface area contributed by atoms with Crippen LogP contribution in [0.1, 0.15) is 18.1 Å². The standard InChI is InChI=1S/C21H20FN3/c1-5-16(6-2)25-20-10-15-9-17(18-11-23-8-7-13(18)3)21(22)14(4)19(15)12-24-20/h5-12H,1H2,2-4H3,(H,24,25)/b16-6+. The zero-order valence-electron chi connectivity index (χ0n) is 14.6. The maximum Gasteiger partial charge on any atom is 0.134 e. The fourth-order valence-electron chi connectivity index (χ4n) is 2.84. The maximum atomic E-state index is 14.9. The number of anilines is 1. The van der Waals surface area contributed by atoms with Crippen LogP contribution in [0.4, 0.5) is 10.2 Å². The average molecular weight is 333 g/mol. The van der Waals surface area contributed by atoms with Crippen molar-refractivity contribution in [2.24, 2.45) is 0 Å². The minimum Gasteiger partial charge on any atom is -0.341 e. The van der Waals surface area contributed by atoms with Crippen molar-refractivity contribution in [2.75, 3.05) is 5.32 Å². The van der Waals surface area contributed by atoms with E-state index < -0.39 is 0 Å². The smallest absolute Gasteiger partial charge is 0.134 e. The second-order valence-corrected chi connectivity index (χ2v) is 5.92.